The van der Waals surface area contributed by atoms with Crippen molar-refractivity contribution in [2.24, 2.45) is 5.16 Å². The van der Waals surface area contributed by atoms with Gasteiger partial charge in [0.15, 0.2) is 0 Å². The van der Waals surface area contributed by atoms with Crippen LogP contribution < -0.4 is 0 Å². The van der Waals surface area contributed by atoms with E-state index in [1.54, 1.807) is 19.1 Å². The van der Waals surface area contributed by atoms with E-state index in [4.69, 9.17) is 4.74 Å². The molecule has 0 amide bonds. The van der Waals surface area contributed by atoms with Gasteiger partial charge in [-0.05, 0) is 13.0 Å². The summed E-state index contributed by atoms with van der Waals surface area (Å²) in [5.74, 6) is -1.01. The second kappa shape index (κ2) is 7.81. The molecule has 0 fully saturated rings. The number of carbonyl (C=O) groups is 2. The summed E-state index contributed by atoms with van der Waals surface area (Å²) in [6.45, 7) is 3.27. The van der Waals surface area contributed by atoms with Crippen LogP contribution in [0.1, 0.15) is 19.4 Å². The molecule has 0 atom stereocenters. The third-order valence-electron chi connectivity index (χ3n) is 2.01. The number of esters is 1. The largest absolute Gasteiger partial charge is 0.463 e. The number of allylic oxidation sites excluding steroid dienone is 1. The van der Waals surface area contributed by atoms with E-state index < -0.39 is 11.9 Å². The Balaban J connectivity index is 2.91. The van der Waals surface area contributed by atoms with Crippen molar-refractivity contribution in [2.45, 2.75) is 13.8 Å². The Labute approximate surface area is 111 Å². The topological polar surface area (TPSA) is 65.0 Å². The van der Waals surface area contributed by atoms with Crippen LogP contribution in [0.2, 0.25) is 0 Å². The highest BCUT2D eigenvalue weighted by atomic mass is 16.7. The van der Waals surface area contributed by atoms with Gasteiger partial charge in [-0.1, -0.05) is 35.5 Å². The lowest BCUT2D eigenvalue weighted by Gasteiger charge is -2.01. The normalized spacial score (nSPS) is 11.4. The molecule has 0 heterocycles. The first-order chi connectivity index (χ1) is 9.13. The van der Waals surface area contributed by atoms with Gasteiger partial charge in [0.05, 0.1) is 6.61 Å². The van der Waals surface area contributed by atoms with Crippen molar-refractivity contribution < 1.29 is 19.2 Å². The van der Waals surface area contributed by atoms with Crippen molar-refractivity contribution in [1.29, 1.82) is 0 Å². The number of rotatable bonds is 5. The van der Waals surface area contributed by atoms with Crippen molar-refractivity contribution in [3.05, 3.63) is 48.0 Å². The molecular weight excluding hydrogens is 246 g/mol. The monoisotopic (exact) mass is 261 g/mol. The summed E-state index contributed by atoms with van der Waals surface area (Å²) in [5, 5.41) is 3.70. The molecule has 100 valence electrons. The number of nitrogens with zero attached hydrogens (tertiary/aromatic N) is 1. The standard InChI is InChI=1S/C14H15NO4/c1-3-18-14(17)10-9-13(15-19-11(2)16)12-7-5-4-6-8-12/h4-10H,3H2,1-2H3. The van der Waals surface area contributed by atoms with Crippen LogP contribution in [0.25, 0.3) is 0 Å². The zero-order valence-electron chi connectivity index (χ0n) is 10.8. The van der Waals surface area contributed by atoms with E-state index in [-0.39, 0.29) is 0 Å². The molecule has 19 heavy (non-hydrogen) atoms. The quantitative estimate of drug-likeness (QED) is 0.267. The maximum absolute atomic E-state index is 11.2. The Morgan fingerprint density at radius 1 is 1.21 bits per heavy atom. The smallest absolute Gasteiger partial charge is 0.332 e. The fraction of sp³-hybridized carbons (Fsp3) is 0.214. The minimum atomic E-state index is -0.530. The van der Waals surface area contributed by atoms with Gasteiger partial charge in [-0.3, -0.25) is 0 Å². The van der Waals surface area contributed by atoms with E-state index in [0.717, 1.165) is 5.56 Å². The molecule has 0 unspecified atom stereocenters. The number of ether oxygens (including phenoxy) is 1. The van der Waals surface area contributed by atoms with Crippen LogP contribution in [0, 0.1) is 0 Å². The second-order valence-electron chi connectivity index (χ2n) is 3.51. The first-order valence-electron chi connectivity index (χ1n) is 5.79. The van der Waals surface area contributed by atoms with Crippen LogP contribution in [-0.4, -0.2) is 24.3 Å². The Bertz CT molecular complexity index is 491. The van der Waals surface area contributed by atoms with Gasteiger partial charge in [0.1, 0.15) is 5.71 Å². The molecule has 0 spiro atoms. The number of hydrogen-bond donors (Lipinski definition) is 0. The van der Waals surface area contributed by atoms with Crippen LogP contribution in [0.5, 0.6) is 0 Å². The van der Waals surface area contributed by atoms with Gasteiger partial charge in [0, 0.05) is 18.6 Å². The summed E-state index contributed by atoms with van der Waals surface area (Å²) < 4.78 is 4.77. The van der Waals surface area contributed by atoms with Crippen LogP contribution in [-0.2, 0) is 19.2 Å². The van der Waals surface area contributed by atoms with Crippen molar-refractivity contribution in [3.8, 4) is 0 Å². The zero-order valence-corrected chi connectivity index (χ0v) is 10.8. The Morgan fingerprint density at radius 3 is 2.47 bits per heavy atom. The van der Waals surface area contributed by atoms with Crippen molar-refractivity contribution in [2.75, 3.05) is 6.61 Å². The predicted molar refractivity (Wildman–Crippen MR) is 70.5 cm³/mol. The van der Waals surface area contributed by atoms with Gasteiger partial charge in [0.25, 0.3) is 0 Å². The van der Waals surface area contributed by atoms with Gasteiger partial charge in [0.2, 0.25) is 0 Å². The van der Waals surface area contributed by atoms with E-state index >= 15 is 0 Å². The second-order valence-corrected chi connectivity index (χ2v) is 3.51. The molecule has 0 aromatic heterocycles. The van der Waals surface area contributed by atoms with Gasteiger partial charge in [-0.15, -0.1) is 0 Å². The maximum Gasteiger partial charge on any atom is 0.332 e. The highest BCUT2D eigenvalue weighted by molar-refractivity contribution is 6.10. The van der Waals surface area contributed by atoms with E-state index in [9.17, 15) is 9.59 Å². The highest BCUT2D eigenvalue weighted by Crippen LogP contribution is 2.03. The van der Waals surface area contributed by atoms with Crippen molar-refractivity contribution in [3.63, 3.8) is 0 Å². The van der Waals surface area contributed by atoms with Crippen LogP contribution in [0.4, 0.5) is 0 Å². The van der Waals surface area contributed by atoms with Crippen LogP contribution >= 0.6 is 0 Å². The molecule has 5 nitrogen and oxygen atoms in total. The Hall–Kier alpha value is -2.43. The first-order valence-corrected chi connectivity index (χ1v) is 5.79. The molecule has 0 saturated carbocycles. The molecule has 0 bridgehead atoms. The van der Waals surface area contributed by atoms with Crippen LogP contribution in [0.3, 0.4) is 0 Å². The average molecular weight is 261 g/mol. The third kappa shape index (κ3) is 5.63. The third-order valence-corrected chi connectivity index (χ3v) is 2.01. The first kappa shape index (κ1) is 14.6. The lowest BCUT2D eigenvalue weighted by atomic mass is 10.1. The molecule has 0 aliphatic carbocycles. The Kier molecular flexibility index (Phi) is 6.02. The molecule has 1 rings (SSSR count). The van der Waals surface area contributed by atoms with E-state index in [1.807, 2.05) is 18.2 Å². The molecule has 5 heteroatoms. The average Bonchev–Trinajstić information content (AvgIpc) is 2.40. The summed E-state index contributed by atoms with van der Waals surface area (Å²) in [6, 6.07) is 9.06. The lowest BCUT2D eigenvalue weighted by molar-refractivity contribution is -0.141. The van der Waals surface area contributed by atoms with E-state index in [2.05, 4.69) is 9.99 Å². The number of benzene rings is 1. The molecule has 0 aliphatic rings. The summed E-state index contributed by atoms with van der Waals surface area (Å²) in [7, 11) is 0. The predicted octanol–water partition coefficient (Wildman–Crippen LogP) is 2.07. The van der Waals surface area contributed by atoms with Gasteiger partial charge in [-0.25, -0.2) is 9.59 Å². The summed E-state index contributed by atoms with van der Waals surface area (Å²) in [4.78, 5) is 26.6. The molecule has 0 aliphatic heterocycles. The summed E-state index contributed by atoms with van der Waals surface area (Å²) in [5.41, 5.74) is 1.09. The highest BCUT2D eigenvalue weighted by Gasteiger charge is 2.03. The Morgan fingerprint density at radius 2 is 1.89 bits per heavy atom. The molecule has 0 N–H and O–H groups in total. The molecule has 0 saturated heterocycles. The summed E-state index contributed by atoms with van der Waals surface area (Å²) in [6.07, 6.45) is 2.68. The van der Waals surface area contributed by atoms with Crippen molar-refractivity contribution >= 4 is 17.7 Å². The lowest BCUT2D eigenvalue weighted by Crippen LogP contribution is -2.04. The SMILES string of the molecule is CCOC(=O)C=CC(=NOC(C)=O)c1ccccc1. The molecule has 1 aromatic carbocycles. The van der Waals surface area contributed by atoms with Gasteiger partial charge in [-0.2, -0.15) is 0 Å². The van der Waals surface area contributed by atoms with Gasteiger partial charge >= 0.3 is 11.9 Å². The number of carbonyl (C=O) groups excluding carboxylic acids is 2. The molecular formula is C14H15NO4. The number of hydrogen-bond acceptors (Lipinski definition) is 5. The minimum Gasteiger partial charge on any atom is -0.463 e. The van der Waals surface area contributed by atoms with Gasteiger partial charge < -0.3 is 9.57 Å². The maximum atomic E-state index is 11.2. The fourth-order valence-corrected chi connectivity index (χ4v) is 1.24. The fourth-order valence-electron chi connectivity index (χ4n) is 1.24. The number of oxime groups is 1. The summed E-state index contributed by atoms with van der Waals surface area (Å²) >= 11 is 0. The zero-order chi connectivity index (χ0) is 14.1. The van der Waals surface area contributed by atoms with Crippen LogP contribution in [0.15, 0.2) is 47.6 Å². The minimum absolute atomic E-state index is 0.297. The van der Waals surface area contributed by atoms with E-state index in [0.29, 0.717) is 12.3 Å². The molecule has 1 aromatic rings. The van der Waals surface area contributed by atoms with Crippen molar-refractivity contribution in [1.82, 2.24) is 0 Å². The molecule has 0 radical (unpaired) electrons. The van der Waals surface area contributed by atoms with E-state index in [1.165, 1.54) is 19.1 Å².